The number of carbonyl (C=O) groups is 1. The SMILES string of the molecule is Cc1ccc(C)c(C(=O)NC2(CCl)CCCC(C)C2)c1. The van der Waals surface area contributed by atoms with E-state index in [0.717, 1.165) is 36.0 Å². The number of hydrogen-bond donors (Lipinski definition) is 1. The van der Waals surface area contributed by atoms with Gasteiger partial charge in [0.05, 0.1) is 5.54 Å². The molecule has 0 saturated heterocycles. The van der Waals surface area contributed by atoms with Gasteiger partial charge in [-0.05, 0) is 44.2 Å². The molecule has 1 fully saturated rings. The molecule has 1 amide bonds. The van der Waals surface area contributed by atoms with Crippen LogP contribution in [0.25, 0.3) is 0 Å². The van der Waals surface area contributed by atoms with Gasteiger partial charge in [-0.3, -0.25) is 4.79 Å². The zero-order valence-corrected chi connectivity index (χ0v) is 13.4. The Labute approximate surface area is 126 Å². The highest BCUT2D eigenvalue weighted by Gasteiger charge is 2.35. The molecule has 1 aromatic carbocycles. The molecule has 3 heteroatoms. The van der Waals surface area contributed by atoms with Crippen molar-refractivity contribution in [2.75, 3.05) is 5.88 Å². The Hall–Kier alpha value is -1.02. The van der Waals surface area contributed by atoms with E-state index in [2.05, 4.69) is 12.2 Å². The molecule has 0 aromatic heterocycles. The Balaban J connectivity index is 2.19. The summed E-state index contributed by atoms with van der Waals surface area (Å²) >= 11 is 6.19. The van der Waals surface area contributed by atoms with Gasteiger partial charge in [-0.1, -0.05) is 37.5 Å². The average Bonchev–Trinajstić information content (AvgIpc) is 2.41. The lowest BCUT2D eigenvalue weighted by Crippen LogP contribution is -2.52. The van der Waals surface area contributed by atoms with Crippen LogP contribution in [0.2, 0.25) is 0 Å². The third-order valence-electron chi connectivity index (χ3n) is 4.36. The van der Waals surface area contributed by atoms with Crippen molar-refractivity contribution in [3.8, 4) is 0 Å². The minimum absolute atomic E-state index is 0.0148. The molecule has 1 aromatic rings. The summed E-state index contributed by atoms with van der Waals surface area (Å²) in [6.45, 7) is 6.23. The molecule has 20 heavy (non-hydrogen) atoms. The Morgan fingerprint density at radius 3 is 2.85 bits per heavy atom. The summed E-state index contributed by atoms with van der Waals surface area (Å²) in [6.07, 6.45) is 4.34. The first-order valence-corrected chi connectivity index (χ1v) is 7.95. The number of benzene rings is 1. The quantitative estimate of drug-likeness (QED) is 0.831. The summed E-state index contributed by atoms with van der Waals surface area (Å²) in [4.78, 5) is 12.6. The maximum atomic E-state index is 12.6. The van der Waals surface area contributed by atoms with Crippen LogP contribution in [0.15, 0.2) is 18.2 Å². The number of aryl methyl sites for hydroxylation is 2. The number of carbonyl (C=O) groups excluding carboxylic acids is 1. The van der Waals surface area contributed by atoms with Gasteiger partial charge in [0.1, 0.15) is 0 Å². The van der Waals surface area contributed by atoms with Gasteiger partial charge in [0.25, 0.3) is 5.91 Å². The van der Waals surface area contributed by atoms with Crippen LogP contribution in [0, 0.1) is 19.8 Å². The molecule has 1 saturated carbocycles. The normalized spacial score (nSPS) is 26.3. The minimum atomic E-state index is -0.230. The number of nitrogens with one attached hydrogen (secondary N) is 1. The lowest BCUT2D eigenvalue weighted by Gasteiger charge is -2.39. The van der Waals surface area contributed by atoms with Gasteiger partial charge in [-0.15, -0.1) is 11.6 Å². The van der Waals surface area contributed by atoms with Gasteiger partial charge in [-0.25, -0.2) is 0 Å². The van der Waals surface area contributed by atoms with Crippen LogP contribution < -0.4 is 5.32 Å². The molecule has 0 spiro atoms. The van der Waals surface area contributed by atoms with Gasteiger partial charge in [0.2, 0.25) is 0 Å². The smallest absolute Gasteiger partial charge is 0.252 e. The highest BCUT2D eigenvalue weighted by Crippen LogP contribution is 2.33. The van der Waals surface area contributed by atoms with E-state index in [1.807, 2.05) is 32.0 Å². The first-order chi connectivity index (χ1) is 9.46. The monoisotopic (exact) mass is 293 g/mol. The maximum absolute atomic E-state index is 12.6. The number of halogens is 1. The number of hydrogen-bond acceptors (Lipinski definition) is 1. The van der Waals surface area contributed by atoms with Crippen LogP contribution in [0.1, 0.15) is 54.1 Å². The van der Waals surface area contributed by atoms with Gasteiger partial charge < -0.3 is 5.32 Å². The first kappa shape index (κ1) is 15.4. The van der Waals surface area contributed by atoms with E-state index in [4.69, 9.17) is 11.6 Å². The second-order valence-corrected chi connectivity index (χ2v) is 6.66. The minimum Gasteiger partial charge on any atom is -0.345 e. The van der Waals surface area contributed by atoms with Gasteiger partial charge in [0, 0.05) is 11.4 Å². The lowest BCUT2D eigenvalue weighted by atomic mass is 9.77. The summed E-state index contributed by atoms with van der Waals surface area (Å²) in [7, 11) is 0. The lowest BCUT2D eigenvalue weighted by molar-refractivity contribution is 0.0866. The molecule has 0 heterocycles. The molecule has 0 radical (unpaired) electrons. The van der Waals surface area contributed by atoms with Gasteiger partial charge in [-0.2, -0.15) is 0 Å². The number of amides is 1. The van der Waals surface area contributed by atoms with Crippen molar-refractivity contribution in [1.82, 2.24) is 5.32 Å². The summed E-state index contributed by atoms with van der Waals surface area (Å²) in [5, 5.41) is 3.23. The van der Waals surface area contributed by atoms with Crippen LogP contribution in [0.5, 0.6) is 0 Å². The van der Waals surface area contributed by atoms with Crippen molar-refractivity contribution in [1.29, 1.82) is 0 Å². The van der Waals surface area contributed by atoms with Crippen molar-refractivity contribution >= 4 is 17.5 Å². The molecule has 2 unspecified atom stereocenters. The van der Waals surface area contributed by atoms with Crippen molar-refractivity contribution in [3.05, 3.63) is 34.9 Å². The fourth-order valence-corrected chi connectivity index (χ4v) is 3.53. The van der Waals surface area contributed by atoms with E-state index in [-0.39, 0.29) is 11.4 Å². The van der Waals surface area contributed by atoms with E-state index in [1.165, 1.54) is 6.42 Å². The molecule has 1 N–H and O–H groups in total. The van der Waals surface area contributed by atoms with Crippen molar-refractivity contribution < 1.29 is 4.79 Å². The summed E-state index contributed by atoms with van der Waals surface area (Å²) < 4.78 is 0. The number of rotatable bonds is 3. The van der Waals surface area contributed by atoms with E-state index >= 15 is 0 Å². The van der Waals surface area contributed by atoms with Crippen LogP contribution in [-0.4, -0.2) is 17.3 Å². The fourth-order valence-electron chi connectivity index (χ4n) is 3.22. The highest BCUT2D eigenvalue weighted by molar-refractivity contribution is 6.19. The molecule has 0 bridgehead atoms. The molecule has 2 nitrogen and oxygen atoms in total. The predicted octanol–water partition coefficient (Wildman–Crippen LogP) is 4.22. The highest BCUT2D eigenvalue weighted by atomic mass is 35.5. The second kappa shape index (κ2) is 6.17. The van der Waals surface area contributed by atoms with Crippen molar-refractivity contribution in [3.63, 3.8) is 0 Å². The van der Waals surface area contributed by atoms with Crippen molar-refractivity contribution in [2.45, 2.75) is 52.0 Å². The van der Waals surface area contributed by atoms with E-state index in [0.29, 0.717) is 11.8 Å². The third kappa shape index (κ3) is 3.35. The average molecular weight is 294 g/mol. The van der Waals surface area contributed by atoms with Crippen LogP contribution in [0.3, 0.4) is 0 Å². The molecular weight excluding hydrogens is 270 g/mol. The Bertz CT molecular complexity index is 500. The zero-order chi connectivity index (χ0) is 14.8. The molecule has 0 aliphatic heterocycles. The fraction of sp³-hybridized carbons (Fsp3) is 0.588. The largest absolute Gasteiger partial charge is 0.345 e. The molecule has 110 valence electrons. The second-order valence-electron chi connectivity index (χ2n) is 6.39. The van der Waals surface area contributed by atoms with Crippen LogP contribution in [0.4, 0.5) is 0 Å². The molecule has 1 aliphatic rings. The molecular formula is C17H24ClNO. The first-order valence-electron chi connectivity index (χ1n) is 7.41. The van der Waals surface area contributed by atoms with E-state index < -0.39 is 0 Å². The molecule has 2 rings (SSSR count). The van der Waals surface area contributed by atoms with E-state index in [1.54, 1.807) is 0 Å². The Morgan fingerprint density at radius 2 is 2.20 bits per heavy atom. The van der Waals surface area contributed by atoms with Crippen LogP contribution >= 0.6 is 11.6 Å². The molecule has 2 atom stereocenters. The summed E-state index contributed by atoms with van der Waals surface area (Å²) in [5.74, 6) is 1.14. The number of alkyl halides is 1. The summed E-state index contributed by atoms with van der Waals surface area (Å²) in [6, 6.07) is 5.99. The summed E-state index contributed by atoms with van der Waals surface area (Å²) in [5.41, 5.74) is 2.67. The third-order valence-corrected chi connectivity index (χ3v) is 4.88. The Kier molecular flexibility index (Phi) is 4.74. The van der Waals surface area contributed by atoms with Gasteiger partial charge >= 0.3 is 0 Å². The standard InChI is InChI=1S/C17H24ClNO/c1-12-6-7-14(3)15(9-12)16(20)19-17(11-18)8-4-5-13(2)10-17/h6-7,9,13H,4-5,8,10-11H2,1-3H3,(H,19,20). The topological polar surface area (TPSA) is 29.1 Å². The molecule has 1 aliphatic carbocycles. The van der Waals surface area contributed by atoms with E-state index in [9.17, 15) is 4.79 Å². The maximum Gasteiger partial charge on any atom is 0.252 e. The Morgan fingerprint density at radius 1 is 1.45 bits per heavy atom. The predicted molar refractivity (Wildman–Crippen MR) is 84.5 cm³/mol. The van der Waals surface area contributed by atoms with Crippen molar-refractivity contribution in [2.24, 2.45) is 5.92 Å². The zero-order valence-electron chi connectivity index (χ0n) is 12.6. The van der Waals surface area contributed by atoms with Crippen LogP contribution in [-0.2, 0) is 0 Å². The van der Waals surface area contributed by atoms with Gasteiger partial charge in [0.15, 0.2) is 0 Å².